The molecule has 0 N–H and O–H groups in total. The minimum Gasteiger partial charge on any atom is -0.339 e. The van der Waals surface area contributed by atoms with Gasteiger partial charge in [-0.1, -0.05) is 24.4 Å². The lowest BCUT2D eigenvalue weighted by Gasteiger charge is -2.35. The molecule has 1 saturated carbocycles. The van der Waals surface area contributed by atoms with Gasteiger partial charge in [-0.3, -0.25) is 9.59 Å². The van der Waals surface area contributed by atoms with Crippen LogP contribution in [0.3, 0.4) is 0 Å². The van der Waals surface area contributed by atoms with Crippen molar-refractivity contribution in [3.63, 3.8) is 0 Å². The van der Waals surface area contributed by atoms with E-state index in [9.17, 15) is 9.59 Å². The lowest BCUT2D eigenvalue weighted by molar-refractivity contribution is -0.133. The molecule has 4 nitrogen and oxygen atoms in total. The Kier molecular flexibility index (Phi) is 5.21. The maximum absolute atomic E-state index is 12.4. The number of halogens is 1. The molecule has 23 heavy (non-hydrogen) atoms. The molecule has 0 radical (unpaired) electrons. The second-order valence-corrected chi connectivity index (χ2v) is 6.97. The van der Waals surface area contributed by atoms with Crippen LogP contribution in [0.1, 0.15) is 42.5 Å². The number of piperazine rings is 1. The Morgan fingerprint density at radius 3 is 2.13 bits per heavy atom. The van der Waals surface area contributed by atoms with Crippen LogP contribution in [-0.2, 0) is 4.79 Å². The Morgan fingerprint density at radius 2 is 1.52 bits per heavy atom. The molecule has 0 aromatic heterocycles. The van der Waals surface area contributed by atoms with E-state index in [4.69, 9.17) is 11.6 Å². The predicted molar refractivity (Wildman–Crippen MR) is 90.5 cm³/mol. The van der Waals surface area contributed by atoms with E-state index in [2.05, 4.69) is 0 Å². The zero-order chi connectivity index (χ0) is 16.2. The third-order valence-electron chi connectivity index (χ3n) is 4.95. The van der Waals surface area contributed by atoms with Gasteiger partial charge in [-0.05, 0) is 43.0 Å². The van der Waals surface area contributed by atoms with Gasteiger partial charge in [0.1, 0.15) is 0 Å². The fourth-order valence-corrected chi connectivity index (χ4v) is 3.65. The number of carbonyl (C=O) groups excluding carboxylic acids is 2. The summed E-state index contributed by atoms with van der Waals surface area (Å²) in [7, 11) is 0. The number of amides is 2. The average molecular weight is 335 g/mol. The van der Waals surface area contributed by atoms with E-state index < -0.39 is 0 Å². The van der Waals surface area contributed by atoms with E-state index in [1.165, 1.54) is 25.7 Å². The molecule has 2 fully saturated rings. The van der Waals surface area contributed by atoms with Gasteiger partial charge in [0.15, 0.2) is 0 Å². The van der Waals surface area contributed by atoms with Crippen LogP contribution < -0.4 is 0 Å². The normalized spacial score (nSPS) is 19.2. The molecule has 124 valence electrons. The third kappa shape index (κ3) is 4.05. The summed E-state index contributed by atoms with van der Waals surface area (Å²) in [6.07, 6.45) is 5.61. The van der Waals surface area contributed by atoms with Crippen LogP contribution in [0, 0.1) is 5.92 Å². The molecule has 0 spiro atoms. The van der Waals surface area contributed by atoms with Gasteiger partial charge < -0.3 is 9.80 Å². The minimum atomic E-state index is 0.0181. The molecule has 1 aromatic rings. The van der Waals surface area contributed by atoms with Crippen molar-refractivity contribution in [1.82, 2.24) is 9.80 Å². The van der Waals surface area contributed by atoms with Crippen LogP contribution in [0.5, 0.6) is 0 Å². The van der Waals surface area contributed by atoms with Gasteiger partial charge in [-0.25, -0.2) is 0 Å². The molecular weight excluding hydrogens is 312 g/mol. The molecule has 0 bridgehead atoms. The Morgan fingerprint density at radius 1 is 0.957 bits per heavy atom. The first kappa shape index (κ1) is 16.3. The van der Waals surface area contributed by atoms with Gasteiger partial charge in [0.05, 0.1) is 0 Å². The quantitative estimate of drug-likeness (QED) is 0.851. The minimum absolute atomic E-state index is 0.0181. The Bertz CT molecular complexity index is 559. The molecule has 2 amide bonds. The standard InChI is InChI=1S/C18H23ClN2O2/c19-16-7-5-15(6-8-16)18(23)21-11-9-20(10-12-21)17(22)13-14-3-1-2-4-14/h5-8,14H,1-4,9-13H2. The van der Waals surface area contributed by atoms with E-state index in [0.29, 0.717) is 49.1 Å². The van der Waals surface area contributed by atoms with Gasteiger partial charge in [0.2, 0.25) is 5.91 Å². The molecule has 1 aliphatic carbocycles. The van der Waals surface area contributed by atoms with Gasteiger partial charge >= 0.3 is 0 Å². The summed E-state index contributed by atoms with van der Waals surface area (Å²) >= 11 is 5.86. The molecule has 2 aliphatic rings. The van der Waals surface area contributed by atoms with Crippen molar-refractivity contribution in [3.05, 3.63) is 34.9 Å². The third-order valence-corrected chi connectivity index (χ3v) is 5.20. The number of nitrogens with zero attached hydrogens (tertiary/aromatic N) is 2. The molecular formula is C18H23ClN2O2. The summed E-state index contributed by atoms with van der Waals surface area (Å²) in [5.74, 6) is 0.858. The van der Waals surface area contributed by atoms with Crippen molar-refractivity contribution in [2.24, 2.45) is 5.92 Å². The van der Waals surface area contributed by atoms with Crippen molar-refractivity contribution < 1.29 is 9.59 Å². The van der Waals surface area contributed by atoms with Crippen molar-refractivity contribution >= 4 is 23.4 Å². The SMILES string of the molecule is O=C(CC1CCCC1)N1CCN(C(=O)c2ccc(Cl)cc2)CC1. The van der Waals surface area contributed by atoms with Gasteiger partial charge in [-0.15, -0.1) is 0 Å². The maximum atomic E-state index is 12.4. The summed E-state index contributed by atoms with van der Waals surface area (Å²) in [6, 6.07) is 6.97. The van der Waals surface area contributed by atoms with Crippen LogP contribution in [0.2, 0.25) is 5.02 Å². The Hall–Kier alpha value is -1.55. The highest BCUT2D eigenvalue weighted by Gasteiger charge is 2.27. The van der Waals surface area contributed by atoms with Crippen molar-refractivity contribution in [1.29, 1.82) is 0 Å². The number of benzene rings is 1. The fourth-order valence-electron chi connectivity index (χ4n) is 3.52. The summed E-state index contributed by atoms with van der Waals surface area (Å²) in [4.78, 5) is 28.5. The van der Waals surface area contributed by atoms with E-state index in [1.54, 1.807) is 24.3 Å². The zero-order valence-electron chi connectivity index (χ0n) is 13.3. The zero-order valence-corrected chi connectivity index (χ0v) is 14.1. The summed E-state index contributed by atoms with van der Waals surface area (Å²) in [6.45, 7) is 2.51. The first-order valence-electron chi connectivity index (χ1n) is 8.46. The van der Waals surface area contributed by atoms with E-state index >= 15 is 0 Å². The highest BCUT2D eigenvalue weighted by atomic mass is 35.5. The number of carbonyl (C=O) groups is 2. The predicted octanol–water partition coefficient (Wildman–Crippen LogP) is 3.20. The molecule has 1 aliphatic heterocycles. The molecule has 3 rings (SSSR count). The second-order valence-electron chi connectivity index (χ2n) is 6.53. The van der Waals surface area contributed by atoms with Crippen LogP contribution in [0.15, 0.2) is 24.3 Å². The molecule has 0 unspecified atom stereocenters. The summed E-state index contributed by atoms with van der Waals surface area (Å²) in [5.41, 5.74) is 0.653. The Balaban J connectivity index is 1.50. The topological polar surface area (TPSA) is 40.6 Å². The first-order valence-corrected chi connectivity index (χ1v) is 8.84. The highest BCUT2D eigenvalue weighted by Crippen LogP contribution is 2.28. The molecule has 1 heterocycles. The summed E-state index contributed by atoms with van der Waals surface area (Å²) < 4.78 is 0. The van der Waals surface area contributed by atoms with Crippen LogP contribution in [0.4, 0.5) is 0 Å². The average Bonchev–Trinajstić information content (AvgIpc) is 3.08. The van der Waals surface area contributed by atoms with Crippen molar-refractivity contribution in [2.45, 2.75) is 32.1 Å². The van der Waals surface area contributed by atoms with Crippen molar-refractivity contribution in [2.75, 3.05) is 26.2 Å². The molecule has 1 aromatic carbocycles. The lowest BCUT2D eigenvalue weighted by atomic mass is 10.0. The fraction of sp³-hybridized carbons (Fsp3) is 0.556. The Labute approximate surface area is 142 Å². The smallest absolute Gasteiger partial charge is 0.253 e. The van der Waals surface area contributed by atoms with E-state index in [-0.39, 0.29) is 11.8 Å². The first-order chi connectivity index (χ1) is 11.1. The number of hydrogen-bond acceptors (Lipinski definition) is 2. The van der Waals surface area contributed by atoms with Crippen LogP contribution >= 0.6 is 11.6 Å². The highest BCUT2D eigenvalue weighted by molar-refractivity contribution is 6.30. The van der Waals surface area contributed by atoms with Gasteiger partial charge in [-0.2, -0.15) is 0 Å². The molecule has 1 saturated heterocycles. The molecule has 0 atom stereocenters. The van der Waals surface area contributed by atoms with E-state index in [1.807, 2.05) is 9.80 Å². The number of hydrogen-bond donors (Lipinski definition) is 0. The monoisotopic (exact) mass is 334 g/mol. The van der Waals surface area contributed by atoms with Gasteiger partial charge in [0.25, 0.3) is 5.91 Å². The maximum Gasteiger partial charge on any atom is 0.253 e. The summed E-state index contributed by atoms with van der Waals surface area (Å²) in [5, 5.41) is 0.629. The largest absolute Gasteiger partial charge is 0.339 e. The van der Waals surface area contributed by atoms with Gasteiger partial charge in [0, 0.05) is 43.2 Å². The molecule has 5 heteroatoms. The van der Waals surface area contributed by atoms with E-state index in [0.717, 1.165) is 0 Å². The van der Waals surface area contributed by atoms with Crippen LogP contribution in [0.25, 0.3) is 0 Å². The van der Waals surface area contributed by atoms with Crippen molar-refractivity contribution in [3.8, 4) is 0 Å². The van der Waals surface area contributed by atoms with Crippen LogP contribution in [-0.4, -0.2) is 47.8 Å². The lowest BCUT2D eigenvalue weighted by Crippen LogP contribution is -2.50. The second kappa shape index (κ2) is 7.35. The number of rotatable bonds is 3.